The van der Waals surface area contributed by atoms with Gasteiger partial charge >= 0.3 is 0 Å². The average molecular weight is 389 g/mol. The summed E-state index contributed by atoms with van der Waals surface area (Å²) in [5, 5.41) is 0. The zero-order valence-electron chi connectivity index (χ0n) is 16.1. The summed E-state index contributed by atoms with van der Waals surface area (Å²) in [6.07, 6.45) is 0.726. The van der Waals surface area contributed by atoms with Gasteiger partial charge in [-0.15, -0.1) is 0 Å². The van der Waals surface area contributed by atoms with Crippen LogP contribution in [0.4, 0.5) is 0 Å². The van der Waals surface area contributed by atoms with Gasteiger partial charge in [0.15, 0.2) is 9.84 Å². The van der Waals surface area contributed by atoms with Crippen molar-refractivity contribution in [3.8, 4) is 0 Å². The zero-order chi connectivity index (χ0) is 20.0. The molecule has 0 aromatic heterocycles. The molecule has 1 amide bonds. The first kappa shape index (κ1) is 21.1. The van der Waals surface area contributed by atoms with Crippen LogP contribution in [0.3, 0.4) is 0 Å². The summed E-state index contributed by atoms with van der Waals surface area (Å²) in [6, 6.07) is 15.2. The number of nitrogens with two attached hydrogens (primary N) is 1. The number of amides is 1. The molecular weight excluding hydrogens is 360 g/mol. The van der Waals surface area contributed by atoms with Crippen LogP contribution in [-0.4, -0.2) is 38.9 Å². The van der Waals surface area contributed by atoms with Crippen molar-refractivity contribution in [2.24, 2.45) is 11.7 Å². The highest BCUT2D eigenvalue weighted by atomic mass is 32.2. The second-order valence-electron chi connectivity index (χ2n) is 7.19. The molecule has 6 heteroatoms. The molecule has 0 saturated heterocycles. The maximum Gasteiger partial charge on any atom is 0.253 e. The highest BCUT2D eigenvalue weighted by Gasteiger charge is 2.18. The predicted molar refractivity (Wildman–Crippen MR) is 108 cm³/mol. The number of nitrogens with zero attached hydrogens (tertiary/aromatic N) is 1. The van der Waals surface area contributed by atoms with Crippen molar-refractivity contribution in [3.05, 3.63) is 65.7 Å². The fraction of sp³-hybridized carbons (Fsp3) is 0.381. The Kier molecular flexibility index (Phi) is 7.16. The normalized spacial score (nSPS) is 12.8. The van der Waals surface area contributed by atoms with Crippen LogP contribution in [0.15, 0.2) is 59.5 Å². The molecule has 2 aromatic rings. The molecule has 0 radical (unpaired) electrons. The van der Waals surface area contributed by atoms with Gasteiger partial charge < -0.3 is 10.6 Å². The van der Waals surface area contributed by atoms with Gasteiger partial charge in [-0.2, -0.15) is 0 Å². The van der Waals surface area contributed by atoms with Gasteiger partial charge in [0.2, 0.25) is 0 Å². The predicted octanol–water partition coefficient (Wildman–Crippen LogP) is 3.11. The second-order valence-corrected chi connectivity index (χ2v) is 9.18. The van der Waals surface area contributed by atoms with Gasteiger partial charge in [0.05, 0.1) is 10.6 Å². The largest absolute Gasteiger partial charge is 0.342 e. The first-order valence-electron chi connectivity index (χ1n) is 9.08. The SMILES string of the molecule is CC(C)C(N)CCN(C)C(=O)c1ccc(S(=O)(=O)Cc2ccccc2)cc1. The molecule has 2 aromatic carbocycles. The van der Waals surface area contributed by atoms with Crippen LogP contribution in [0.2, 0.25) is 0 Å². The topological polar surface area (TPSA) is 80.5 Å². The highest BCUT2D eigenvalue weighted by molar-refractivity contribution is 7.90. The number of hydrogen-bond acceptors (Lipinski definition) is 4. The van der Waals surface area contributed by atoms with E-state index in [-0.39, 0.29) is 22.6 Å². The van der Waals surface area contributed by atoms with E-state index in [0.29, 0.717) is 18.0 Å². The molecule has 1 atom stereocenters. The standard InChI is InChI=1S/C21H28N2O3S/c1-16(2)20(22)13-14-23(3)21(24)18-9-11-19(12-10-18)27(25,26)15-17-7-5-4-6-8-17/h4-12,16,20H,13-15,22H2,1-3H3. The van der Waals surface area contributed by atoms with Crippen molar-refractivity contribution in [1.29, 1.82) is 0 Å². The molecular formula is C21H28N2O3S. The maximum atomic E-state index is 12.5. The smallest absolute Gasteiger partial charge is 0.253 e. The van der Waals surface area contributed by atoms with Gasteiger partial charge in [0.1, 0.15) is 0 Å². The minimum atomic E-state index is -3.45. The van der Waals surface area contributed by atoms with Gasteiger partial charge in [0.25, 0.3) is 5.91 Å². The molecule has 5 nitrogen and oxygen atoms in total. The van der Waals surface area contributed by atoms with E-state index in [4.69, 9.17) is 5.73 Å². The molecule has 27 heavy (non-hydrogen) atoms. The minimum absolute atomic E-state index is 0.0470. The van der Waals surface area contributed by atoms with Gasteiger partial charge in [-0.1, -0.05) is 44.2 Å². The van der Waals surface area contributed by atoms with Crippen molar-refractivity contribution in [1.82, 2.24) is 4.90 Å². The van der Waals surface area contributed by atoms with Crippen molar-refractivity contribution < 1.29 is 13.2 Å². The maximum absolute atomic E-state index is 12.5. The minimum Gasteiger partial charge on any atom is -0.342 e. The fourth-order valence-electron chi connectivity index (χ4n) is 2.68. The molecule has 2 N–H and O–H groups in total. The lowest BCUT2D eigenvalue weighted by molar-refractivity contribution is 0.0789. The van der Waals surface area contributed by atoms with Crippen LogP contribution in [0, 0.1) is 5.92 Å². The third-order valence-electron chi connectivity index (χ3n) is 4.66. The Hall–Kier alpha value is -2.18. The Morgan fingerprint density at radius 3 is 2.19 bits per heavy atom. The number of carbonyl (C=O) groups excluding carboxylic acids is 1. The molecule has 146 valence electrons. The number of benzene rings is 2. The van der Waals surface area contributed by atoms with Crippen molar-refractivity contribution >= 4 is 15.7 Å². The van der Waals surface area contributed by atoms with Crippen LogP contribution < -0.4 is 5.73 Å². The van der Waals surface area contributed by atoms with Crippen molar-refractivity contribution in [2.45, 2.75) is 37.0 Å². The van der Waals surface area contributed by atoms with Crippen LogP contribution >= 0.6 is 0 Å². The summed E-state index contributed by atoms with van der Waals surface area (Å²) in [7, 11) is -1.72. The van der Waals surface area contributed by atoms with E-state index < -0.39 is 9.84 Å². The Bertz CT molecular complexity index is 847. The molecule has 0 aliphatic carbocycles. The molecule has 0 spiro atoms. The Morgan fingerprint density at radius 2 is 1.63 bits per heavy atom. The number of hydrogen-bond donors (Lipinski definition) is 1. The molecule has 0 bridgehead atoms. The van der Waals surface area contributed by atoms with E-state index in [1.807, 2.05) is 18.2 Å². The van der Waals surface area contributed by atoms with Crippen molar-refractivity contribution in [3.63, 3.8) is 0 Å². The first-order chi connectivity index (χ1) is 12.7. The Balaban J connectivity index is 2.04. The lowest BCUT2D eigenvalue weighted by Gasteiger charge is -2.21. The number of rotatable bonds is 8. The molecule has 0 heterocycles. The molecule has 2 rings (SSSR count). The van der Waals surface area contributed by atoms with Crippen LogP contribution in [-0.2, 0) is 15.6 Å². The lowest BCUT2D eigenvalue weighted by Crippen LogP contribution is -2.34. The summed E-state index contributed by atoms with van der Waals surface area (Å²) in [5.41, 5.74) is 7.23. The number of carbonyl (C=O) groups is 1. The van der Waals surface area contributed by atoms with Crippen molar-refractivity contribution in [2.75, 3.05) is 13.6 Å². The van der Waals surface area contributed by atoms with Gasteiger partial charge in [-0.3, -0.25) is 4.79 Å². The molecule has 0 aliphatic heterocycles. The average Bonchev–Trinajstić information content (AvgIpc) is 2.65. The van der Waals surface area contributed by atoms with Crippen LogP contribution in [0.5, 0.6) is 0 Å². The quantitative estimate of drug-likeness (QED) is 0.753. The lowest BCUT2D eigenvalue weighted by atomic mass is 10.0. The van der Waals surface area contributed by atoms with Gasteiger partial charge in [-0.25, -0.2) is 8.42 Å². The fourth-order valence-corrected chi connectivity index (χ4v) is 4.03. The summed E-state index contributed by atoms with van der Waals surface area (Å²) in [5.74, 6) is 0.161. The van der Waals surface area contributed by atoms with E-state index in [1.165, 1.54) is 12.1 Å². The third kappa shape index (κ3) is 5.91. The third-order valence-corrected chi connectivity index (χ3v) is 6.36. The molecule has 0 saturated carbocycles. The number of sulfone groups is 1. The van der Waals surface area contributed by atoms with E-state index in [9.17, 15) is 13.2 Å². The Labute approximate surface area is 162 Å². The van der Waals surface area contributed by atoms with Gasteiger partial charge in [-0.05, 0) is 42.2 Å². The van der Waals surface area contributed by atoms with E-state index in [0.717, 1.165) is 12.0 Å². The van der Waals surface area contributed by atoms with Gasteiger partial charge in [0, 0.05) is 25.2 Å². The molecule has 0 aliphatic rings. The molecule has 1 unspecified atom stereocenters. The second kappa shape index (κ2) is 9.15. The summed E-state index contributed by atoms with van der Waals surface area (Å²) < 4.78 is 25.1. The van der Waals surface area contributed by atoms with Crippen LogP contribution in [0.1, 0.15) is 36.2 Å². The Morgan fingerprint density at radius 1 is 1.04 bits per heavy atom. The van der Waals surface area contributed by atoms with E-state index in [2.05, 4.69) is 13.8 Å². The first-order valence-corrected chi connectivity index (χ1v) is 10.7. The van der Waals surface area contributed by atoms with E-state index >= 15 is 0 Å². The zero-order valence-corrected chi connectivity index (χ0v) is 16.9. The summed E-state index contributed by atoms with van der Waals surface area (Å²) in [6.45, 7) is 4.68. The molecule has 0 fully saturated rings. The summed E-state index contributed by atoms with van der Waals surface area (Å²) in [4.78, 5) is 14.4. The van der Waals surface area contributed by atoms with Crippen LogP contribution in [0.25, 0.3) is 0 Å². The van der Waals surface area contributed by atoms with E-state index in [1.54, 1.807) is 36.2 Å². The monoisotopic (exact) mass is 388 g/mol. The highest BCUT2D eigenvalue weighted by Crippen LogP contribution is 2.18. The summed E-state index contributed by atoms with van der Waals surface area (Å²) >= 11 is 0.